The van der Waals surface area contributed by atoms with Gasteiger partial charge >= 0.3 is 0 Å². The molecule has 0 spiro atoms. The Labute approximate surface area is 162 Å². The first-order chi connectivity index (χ1) is 12.9. The van der Waals surface area contributed by atoms with Crippen LogP contribution in [-0.4, -0.2) is 16.6 Å². The van der Waals surface area contributed by atoms with Gasteiger partial charge in [-0.25, -0.2) is 4.39 Å². The summed E-state index contributed by atoms with van der Waals surface area (Å²) in [6.07, 6.45) is 7.05. The Kier molecular flexibility index (Phi) is 3.87. The first-order valence-electron chi connectivity index (χ1n) is 9.67. The van der Waals surface area contributed by atoms with Gasteiger partial charge in [0.15, 0.2) is 0 Å². The molecule has 4 aliphatic carbocycles. The molecule has 0 unspecified atom stereocenters. The summed E-state index contributed by atoms with van der Waals surface area (Å²) in [5, 5.41) is 7.49. The number of hydrogen-bond acceptors (Lipinski definition) is 3. The van der Waals surface area contributed by atoms with Gasteiger partial charge in [0, 0.05) is 5.54 Å². The van der Waals surface area contributed by atoms with Gasteiger partial charge in [-0.3, -0.25) is 4.79 Å². The van der Waals surface area contributed by atoms with E-state index in [-0.39, 0.29) is 33.3 Å². The van der Waals surface area contributed by atoms with Gasteiger partial charge in [-0.1, -0.05) is 22.8 Å². The van der Waals surface area contributed by atoms with E-state index in [0.29, 0.717) is 5.76 Å². The second kappa shape index (κ2) is 6.06. The van der Waals surface area contributed by atoms with Gasteiger partial charge in [-0.05, 0) is 75.3 Å². The minimum atomic E-state index is -0.514. The van der Waals surface area contributed by atoms with Crippen LogP contribution in [0.2, 0.25) is 5.02 Å². The second-order valence-electron chi connectivity index (χ2n) is 8.71. The maximum Gasteiger partial charge on any atom is 0.257 e. The van der Waals surface area contributed by atoms with Crippen LogP contribution in [0, 0.1) is 30.5 Å². The molecule has 0 atom stereocenters. The van der Waals surface area contributed by atoms with E-state index in [4.69, 9.17) is 16.1 Å². The number of carbonyl (C=O) groups excluding carboxylic acids is 1. The summed E-state index contributed by atoms with van der Waals surface area (Å²) in [4.78, 5) is 13.3. The maximum absolute atomic E-state index is 14.4. The van der Waals surface area contributed by atoms with Gasteiger partial charge in [-0.15, -0.1) is 0 Å². The van der Waals surface area contributed by atoms with E-state index < -0.39 is 5.82 Å². The summed E-state index contributed by atoms with van der Waals surface area (Å²) in [5.41, 5.74) is 0.452. The van der Waals surface area contributed by atoms with Crippen LogP contribution in [0.5, 0.6) is 0 Å². The molecular formula is C21H22ClFN2O2. The van der Waals surface area contributed by atoms with Crippen LogP contribution in [-0.2, 0) is 0 Å². The van der Waals surface area contributed by atoms with E-state index in [1.54, 1.807) is 13.0 Å². The fourth-order valence-electron chi connectivity index (χ4n) is 6.10. The average molecular weight is 389 g/mol. The van der Waals surface area contributed by atoms with Gasteiger partial charge in [-0.2, -0.15) is 0 Å². The van der Waals surface area contributed by atoms with Gasteiger partial charge in [0.2, 0.25) is 0 Å². The minimum absolute atomic E-state index is 0.117. The van der Waals surface area contributed by atoms with Gasteiger partial charge in [0.05, 0.1) is 10.6 Å². The Hall–Kier alpha value is -1.88. The van der Waals surface area contributed by atoms with Crippen LogP contribution in [0.1, 0.15) is 54.6 Å². The molecule has 142 valence electrons. The molecule has 2 aromatic rings. The van der Waals surface area contributed by atoms with Gasteiger partial charge < -0.3 is 9.84 Å². The highest BCUT2D eigenvalue weighted by atomic mass is 35.5. The number of nitrogens with zero attached hydrogens (tertiary/aromatic N) is 1. The SMILES string of the molecule is Cc1onc(-c2c(F)cccc2Cl)c1C(=O)NC12CC3CC(CC(C3)C1)C2. The minimum Gasteiger partial charge on any atom is -0.360 e. The molecule has 4 nitrogen and oxygen atoms in total. The first kappa shape index (κ1) is 17.2. The molecule has 4 bridgehead atoms. The first-order valence-corrected chi connectivity index (χ1v) is 10.0. The molecule has 1 aromatic carbocycles. The molecule has 1 N–H and O–H groups in total. The monoisotopic (exact) mass is 388 g/mol. The molecule has 27 heavy (non-hydrogen) atoms. The Balaban J connectivity index is 1.49. The predicted molar refractivity (Wildman–Crippen MR) is 100 cm³/mol. The predicted octanol–water partition coefficient (Wildman–Crippen LogP) is 5.14. The normalized spacial score (nSPS) is 31.3. The summed E-state index contributed by atoms with van der Waals surface area (Å²) < 4.78 is 19.7. The molecule has 4 saturated carbocycles. The lowest BCUT2D eigenvalue weighted by atomic mass is 9.53. The largest absolute Gasteiger partial charge is 0.360 e. The van der Waals surface area contributed by atoms with Crippen LogP contribution >= 0.6 is 11.6 Å². The molecule has 0 saturated heterocycles. The van der Waals surface area contributed by atoms with Crippen molar-refractivity contribution in [3.8, 4) is 11.3 Å². The van der Waals surface area contributed by atoms with Crippen molar-refractivity contribution in [2.45, 2.75) is 51.0 Å². The van der Waals surface area contributed by atoms with Crippen molar-refractivity contribution >= 4 is 17.5 Å². The molecule has 6 heteroatoms. The molecule has 1 amide bonds. The number of aryl methyl sites for hydroxylation is 1. The van der Waals surface area contributed by atoms with Gasteiger partial charge in [0.1, 0.15) is 22.8 Å². The van der Waals surface area contributed by atoms with Crippen LogP contribution in [0.25, 0.3) is 11.3 Å². The third-order valence-electron chi connectivity index (χ3n) is 6.71. The lowest BCUT2D eigenvalue weighted by molar-refractivity contribution is -0.0167. The van der Waals surface area contributed by atoms with Crippen molar-refractivity contribution in [1.29, 1.82) is 0 Å². The molecule has 4 fully saturated rings. The van der Waals surface area contributed by atoms with E-state index in [9.17, 15) is 9.18 Å². The highest BCUT2D eigenvalue weighted by Crippen LogP contribution is 2.55. The Bertz CT molecular complexity index is 867. The number of nitrogens with one attached hydrogen (secondary N) is 1. The smallest absolute Gasteiger partial charge is 0.257 e. The lowest BCUT2D eigenvalue weighted by Crippen LogP contribution is -2.59. The summed E-state index contributed by atoms with van der Waals surface area (Å²) in [7, 11) is 0. The molecule has 4 aliphatic rings. The number of hydrogen-bond donors (Lipinski definition) is 1. The fourth-order valence-corrected chi connectivity index (χ4v) is 6.35. The zero-order valence-electron chi connectivity index (χ0n) is 15.2. The molecule has 0 aliphatic heterocycles. The highest BCUT2D eigenvalue weighted by Gasteiger charge is 2.51. The molecule has 6 rings (SSSR count). The van der Waals surface area contributed by atoms with E-state index in [1.807, 2.05) is 0 Å². The van der Waals surface area contributed by atoms with E-state index in [0.717, 1.165) is 37.0 Å². The zero-order valence-corrected chi connectivity index (χ0v) is 16.0. The van der Waals surface area contributed by atoms with E-state index in [1.165, 1.54) is 31.4 Å². The molecule has 1 heterocycles. The summed E-state index contributed by atoms with van der Waals surface area (Å²) >= 11 is 6.20. The number of benzene rings is 1. The van der Waals surface area contributed by atoms with Crippen LogP contribution < -0.4 is 5.32 Å². The topological polar surface area (TPSA) is 55.1 Å². The van der Waals surface area contributed by atoms with Crippen LogP contribution in [0.15, 0.2) is 22.7 Å². The number of amides is 1. The molecular weight excluding hydrogens is 367 g/mol. The summed E-state index contributed by atoms with van der Waals surface area (Å²) in [6, 6.07) is 4.43. The molecule has 0 radical (unpaired) electrons. The van der Waals surface area contributed by atoms with Crippen molar-refractivity contribution in [3.63, 3.8) is 0 Å². The lowest BCUT2D eigenvalue weighted by Gasteiger charge is -2.56. The summed E-state index contributed by atoms with van der Waals surface area (Å²) in [6.45, 7) is 1.68. The number of carbonyl (C=O) groups is 1. The zero-order chi connectivity index (χ0) is 18.8. The number of aromatic nitrogens is 1. The van der Waals surface area contributed by atoms with E-state index in [2.05, 4.69) is 10.5 Å². The standard InChI is InChI=1S/C21H22ClFN2O2/c1-11-17(19(25-27-11)18-15(22)3-2-4-16(18)23)20(26)24-21-8-12-5-13(9-21)7-14(6-12)10-21/h2-4,12-14H,5-10H2,1H3,(H,24,26). The average Bonchev–Trinajstić information content (AvgIpc) is 2.94. The highest BCUT2D eigenvalue weighted by molar-refractivity contribution is 6.33. The fraction of sp³-hybridized carbons (Fsp3) is 0.524. The Morgan fingerprint density at radius 2 is 1.85 bits per heavy atom. The maximum atomic E-state index is 14.4. The van der Waals surface area contributed by atoms with Crippen LogP contribution in [0.3, 0.4) is 0 Å². The van der Waals surface area contributed by atoms with Gasteiger partial charge in [0.25, 0.3) is 5.91 Å². The summed E-state index contributed by atoms with van der Waals surface area (Å²) in [5.74, 6) is 1.80. The van der Waals surface area contributed by atoms with Crippen molar-refractivity contribution in [1.82, 2.24) is 10.5 Å². The quantitative estimate of drug-likeness (QED) is 0.791. The van der Waals surface area contributed by atoms with Crippen molar-refractivity contribution in [2.24, 2.45) is 17.8 Å². The van der Waals surface area contributed by atoms with Crippen LogP contribution in [0.4, 0.5) is 4.39 Å². The second-order valence-corrected chi connectivity index (χ2v) is 9.12. The van der Waals surface area contributed by atoms with E-state index >= 15 is 0 Å². The number of rotatable bonds is 3. The van der Waals surface area contributed by atoms with Crippen molar-refractivity contribution in [2.75, 3.05) is 0 Å². The Morgan fingerprint density at radius 3 is 2.44 bits per heavy atom. The Morgan fingerprint density at radius 1 is 1.22 bits per heavy atom. The molecule has 1 aromatic heterocycles. The van der Waals surface area contributed by atoms with Crippen molar-refractivity contribution in [3.05, 3.63) is 40.4 Å². The third-order valence-corrected chi connectivity index (χ3v) is 7.02. The number of halogens is 2. The van der Waals surface area contributed by atoms with Crippen molar-refractivity contribution < 1.29 is 13.7 Å². The third kappa shape index (κ3) is 2.78.